The number of ether oxygens (including phenoxy) is 1. The molecule has 160 valence electrons. The third-order valence-corrected chi connectivity index (χ3v) is 5.68. The average molecular weight is 415 g/mol. The van der Waals surface area contributed by atoms with Gasteiger partial charge in [-0.2, -0.15) is 0 Å². The summed E-state index contributed by atoms with van der Waals surface area (Å²) in [7, 11) is 0. The maximum absolute atomic E-state index is 6.01. The minimum Gasteiger partial charge on any atom is -0.481 e. The van der Waals surface area contributed by atoms with Crippen LogP contribution in [0.25, 0.3) is 0 Å². The van der Waals surface area contributed by atoms with Gasteiger partial charge in [-0.15, -0.1) is 0 Å². The molecular weight excluding hydrogens is 384 g/mol. The van der Waals surface area contributed by atoms with Crippen molar-refractivity contribution in [3.05, 3.63) is 95.1 Å². The van der Waals surface area contributed by atoms with Gasteiger partial charge in [-0.05, 0) is 48.2 Å². The third kappa shape index (κ3) is 5.32. The van der Waals surface area contributed by atoms with Crippen LogP contribution in [0.4, 0.5) is 5.69 Å². The number of nitrogens with one attached hydrogen (secondary N) is 2. The summed E-state index contributed by atoms with van der Waals surface area (Å²) in [5, 5.41) is 7.32. The maximum atomic E-state index is 6.01. The van der Waals surface area contributed by atoms with Gasteiger partial charge in [0.1, 0.15) is 17.3 Å². The van der Waals surface area contributed by atoms with Crippen molar-refractivity contribution in [2.24, 2.45) is 10.7 Å². The first-order valence-electron chi connectivity index (χ1n) is 10.8. The van der Waals surface area contributed by atoms with Gasteiger partial charge in [-0.3, -0.25) is 0 Å². The zero-order valence-electron chi connectivity index (χ0n) is 18.1. The van der Waals surface area contributed by atoms with Gasteiger partial charge in [0.2, 0.25) is 0 Å². The first-order chi connectivity index (χ1) is 15.1. The number of aryl methyl sites for hydroxylation is 1. The van der Waals surface area contributed by atoms with Crippen molar-refractivity contribution in [2.75, 3.05) is 6.54 Å². The van der Waals surface area contributed by atoms with Crippen LogP contribution in [0, 0.1) is 6.92 Å². The summed E-state index contributed by atoms with van der Waals surface area (Å²) in [4.78, 5) is 4.55. The molecule has 0 fully saturated rings. The van der Waals surface area contributed by atoms with Gasteiger partial charge in [0, 0.05) is 25.7 Å². The average Bonchev–Trinajstić information content (AvgIpc) is 2.78. The van der Waals surface area contributed by atoms with E-state index in [9.17, 15) is 0 Å². The second-order valence-electron chi connectivity index (χ2n) is 8.00. The van der Waals surface area contributed by atoms with E-state index in [-0.39, 0.29) is 12.1 Å². The Hall–Kier alpha value is -3.15. The number of benzene rings is 3. The predicted octanol–water partition coefficient (Wildman–Crippen LogP) is 4.39. The van der Waals surface area contributed by atoms with Crippen molar-refractivity contribution in [3.63, 3.8) is 0 Å². The van der Waals surface area contributed by atoms with Gasteiger partial charge in [0.25, 0.3) is 0 Å². The topological polar surface area (TPSA) is 71.7 Å². The highest BCUT2D eigenvalue weighted by atomic mass is 16.5. The molecule has 1 aliphatic rings. The lowest BCUT2D eigenvalue weighted by molar-refractivity contribution is 0.281. The Balaban J connectivity index is 1.51. The highest BCUT2D eigenvalue weighted by Crippen LogP contribution is 2.34. The molecule has 3 aromatic rings. The molecule has 1 aliphatic heterocycles. The standard InChI is InChI=1S/C26H30N4O/c1-18-8-6-7-11-22(18)16-28-17-24(29-15-20-9-4-3-5-10-20)21-12-13-25-23(14-21)30-26(27)19(2)31-25/h3-14,19,24,28-29H,15-17H2,1-2H3,(H2,27,30). The molecule has 3 aromatic carbocycles. The summed E-state index contributed by atoms with van der Waals surface area (Å²) < 4.78 is 5.87. The molecule has 0 aromatic heterocycles. The fourth-order valence-corrected chi connectivity index (χ4v) is 3.72. The first-order valence-corrected chi connectivity index (χ1v) is 10.8. The van der Waals surface area contributed by atoms with Crippen LogP contribution in [0.1, 0.15) is 35.2 Å². The molecule has 0 saturated heterocycles. The van der Waals surface area contributed by atoms with E-state index in [4.69, 9.17) is 10.5 Å². The van der Waals surface area contributed by atoms with Crippen LogP contribution >= 0.6 is 0 Å². The number of hydrogen-bond acceptors (Lipinski definition) is 5. The molecule has 0 saturated carbocycles. The monoisotopic (exact) mass is 414 g/mol. The van der Waals surface area contributed by atoms with Crippen LogP contribution in [0.5, 0.6) is 5.75 Å². The van der Waals surface area contributed by atoms with Gasteiger partial charge in [-0.1, -0.05) is 60.7 Å². The third-order valence-electron chi connectivity index (χ3n) is 5.68. The number of nitrogens with two attached hydrogens (primary N) is 1. The summed E-state index contributed by atoms with van der Waals surface area (Å²) in [6, 6.07) is 25.2. The van der Waals surface area contributed by atoms with E-state index < -0.39 is 0 Å². The van der Waals surface area contributed by atoms with Crippen LogP contribution < -0.4 is 21.1 Å². The molecular formula is C26H30N4O. The Bertz CT molecular complexity index is 1050. The number of rotatable bonds is 8. The Morgan fingerprint density at radius 3 is 2.58 bits per heavy atom. The summed E-state index contributed by atoms with van der Waals surface area (Å²) in [6.45, 7) is 6.46. The van der Waals surface area contributed by atoms with Crippen LogP contribution in [0.15, 0.2) is 77.8 Å². The molecule has 2 atom stereocenters. The minimum absolute atomic E-state index is 0.116. The Labute approximate surface area is 184 Å². The van der Waals surface area contributed by atoms with Gasteiger partial charge in [-0.25, -0.2) is 4.99 Å². The first kappa shape index (κ1) is 21.1. The summed E-state index contributed by atoms with van der Waals surface area (Å²) in [6.07, 6.45) is -0.193. The number of aliphatic imine (C=N–C) groups is 1. The lowest BCUT2D eigenvalue weighted by atomic mass is 10.0. The quantitative estimate of drug-likeness (QED) is 0.511. The molecule has 5 nitrogen and oxygen atoms in total. The van der Waals surface area contributed by atoms with E-state index >= 15 is 0 Å². The number of amidine groups is 1. The van der Waals surface area contributed by atoms with Crippen molar-refractivity contribution in [1.29, 1.82) is 0 Å². The van der Waals surface area contributed by atoms with E-state index in [1.807, 2.05) is 19.1 Å². The van der Waals surface area contributed by atoms with Gasteiger partial charge >= 0.3 is 0 Å². The van der Waals surface area contributed by atoms with Gasteiger partial charge in [0.15, 0.2) is 6.10 Å². The zero-order valence-corrected chi connectivity index (χ0v) is 18.1. The fourth-order valence-electron chi connectivity index (χ4n) is 3.72. The minimum atomic E-state index is -0.193. The number of nitrogens with zero attached hydrogens (tertiary/aromatic N) is 1. The van der Waals surface area contributed by atoms with Crippen LogP contribution in [0.3, 0.4) is 0 Å². The lowest BCUT2D eigenvalue weighted by Gasteiger charge is -2.24. The summed E-state index contributed by atoms with van der Waals surface area (Å²) in [5.74, 6) is 1.29. The van der Waals surface area contributed by atoms with Crippen molar-refractivity contribution in [3.8, 4) is 5.75 Å². The second-order valence-corrected chi connectivity index (χ2v) is 8.00. The molecule has 31 heavy (non-hydrogen) atoms. The Morgan fingerprint density at radius 1 is 1.00 bits per heavy atom. The number of fused-ring (bicyclic) bond motifs is 1. The maximum Gasteiger partial charge on any atom is 0.153 e. The molecule has 1 heterocycles. The molecule has 2 unspecified atom stereocenters. The van der Waals surface area contributed by atoms with Crippen LogP contribution in [-0.4, -0.2) is 18.5 Å². The van der Waals surface area contributed by atoms with E-state index in [1.165, 1.54) is 16.7 Å². The number of hydrogen-bond donors (Lipinski definition) is 3. The molecule has 0 spiro atoms. The van der Waals surface area contributed by atoms with Crippen molar-refractivity contribution in [1.82, 2.24) is 10.6 Å². The Kier molecular flexibility index (Phi) is 6.65. The highest BCUT2D eigenvalue weighted by molar-refractivity contribution is 5.89. The van der Waals surface area contributed by atoms with E-state index in [2.05, 4.69) is 83.2 Å². The van der Waals surface area contributed by atoms with Gasteiger partial charge in [0.05, 0.1) is 0 Å². The second kappa shape index (κ2) is 9.77. The summed E-state index contributed by atoms with van der Waals surface area (Å²) >= 11 is 0. The lowest BCUT2D eigenvalue weighted by Crippen LogP contribution is -2.33. The van der Waals surface area contributed by atoms with E-state index in [0.29, 0.717) is 5.84 Å². The Morgan fingerprint density at radius 2 is 1.77 bits per heavy atom. The molecule has 0 aliphatic carbocycles. The molecule has 5 heteroatoms. The largest absolute Gasteiger partial charge is 0.481 e. The van der Waals surface area contributed by atoms with E-state index in [1.54, 1.807) is 0 Å². The smallest absolute Gasteiger partial charge is 0.153 e. The fraction of sp³-hybridized carbons (Fsp3) is 0.269. The SMILES string of the molecule is Cc1ccccc1CNCC(NCc1ccccc1)c1ccc2c(c1)N=C(N)C(C)O2. The van der Waals surface area contributed by atoms with Crippen molar-refractivity contribution in [2.45, 2.75) is 39.1 Å². The molecule has 4 N–H and O–H groups in total. The van der Waals surface area contributed by atoms with Crippen molar-refractivity contribution >= 4 is 11.5 Å². The van der Waals surface area contributed by atoms with Crippen LogP contribution in [0.2, 0.25) is 0 Å². The van der Waals surface area contributed by atoms with Crippen molar-refractivity contribution < 1.29 is 4.74 Å². The van der Waals surface area contributed by atoms with E-state index in [0.717, 1.165) is 36.6 Å². The zero-order chi connectivity index (χ0) is 21.6. The molecule has 0 radical (unpaired) electrons. The normalized spacial score (nSPS) is 16.2. The molecule has 0 amide bonds. The molecule has 4 rings (SSSR count). The molecule has 0 bridgehead atoms. The van der Waals surface area contributed by atoms with Crippen LogP contribution in [-0.2, 0) is 13.1 Å². The predicted molar refractivity (Wildman–Crippen MR) is 127 cm³/mol. The highest BCUT2D eigenvalue weighted by Gasteiger charge is 2.20. The van der Waals surface area contributed by atoms with Gasteiger partial charge < -0.3 is 21.1 Å². The summed E-state index contributed by atoms with van der Waals surface area (Å²) in [5.41, 5.74) is 11.8.